The fraction of sp³-hybridized carbons (Fsp3) is 0.429. The molecule has 4 heterocycles. The van der Waals surface area contributed by atoms with E-state index in [1.165, 1.54) is 22.0 Å². The Hall–Kier alpha value is -2.65. The van der Waals surface area contributed by atoms with E-state index in [-0.39, 0.29) is 16.8 Å². The lowest BCUT2D eigenvalue weighted by Crippen LogP contribution is -2.40. The van der Waals surface area contributed by atoms with Gasteiger partial charge in [-0.15, -0.1) is 0 Å². The number of nitrogens with zero attached hydrogens (tertiary/aromatic N) is 2. The lowest BCUT2D eigenvalue weighted by Gasteiger charge is -2.30. The highest BCUT2D eigenvalue weighted by Crippen LogP contribution is 2.34. The average molecular weight is 431 g/mol. The summed E-state index contributed by atoms with van der Waals surface area (Å²) in [7, 11) is -3.79. The van der Waals surface area contributed by atoms with Crippen LogP contribution in [0.2, 0.25) is 0 Å². The van der Waals surface area contributed by atoms with Gasteiger partial charge in [-0.25, -0.2) is 13.4 Å². The number of sulfonamides is 1. The topological polar surface area (TPSA) is 108 Å². The van der Waals surface area contributed by atoms with Gasteiger partial charge in [-0.05, 0) is 69.4 Å². The third-order valence-corrected chi connectivity index (χ3v) is 7.04. The van der Waals surface area contributed by atoms with Crippen molar-refractivity contribution in [1.82, 2.24) is 19.6 Å². The number of aromatic amines is 1. The summed E-state index contributed by atoms with van der Waals surface area (Å²) in [4.78, 5) is 19.7. The van der Waals surface area contributed by atoms with Gasteiger partial charge in [0.25, 0.3) is 15.9 Å². The quantitative estimate of drug-likeness (QED) is 0.660. The van der Waals surface area contributed by atoms with Crippen LogP contribution in [0.1, 0.15) is 55.6 Å². The van der Waals surface area contributed by atoms with E-state index in [1.807, 2.05) is 39.1 Å². The number of hydrogen-bond donors (Lipinski definition) is 2. The number of carbonyl (C=O) groups is 1. The Kier molecular flexibility index (Phi) is 5.19. The summed E-state index contributed by atoms with van der Waals surface area (Å²) in [5.74, 6) is -0.181. The molecule has 1 aliphatic rings. The maximum absolute atomic E-state index is 13.0. The molecule has 1 fully saturated rings. The Morgan fingerprint density at radius 3 is 2.67 bits per heavy atom. The highest BCUT2D eigenvalue weighted by molar-refractivity contribution is 7.89. The molecule has 0 aliphatic carbocycles. The van der Waals surface area contributed by atoms with Crippen LogP contribution in [0.4, 0.5) is 0 Å². The van der Waals surface area contributed by atoms with Crippen LogP contribution in [0.25, 0.3) is 11.0 Å². The minimum absolute atomic E-state index is 0.00956. The summed E-state index contributed by atoms with van der Waals surface area (Å²) >= 11 is 0. The smallest absolute Gasteiger partial charge is 0.287 e. The number of amides is 1. The highest BCUT2D eigenvalue weighted by Gasteiger charge is 2.33. The zero-order valence-electron chi connectivity index (χ0n) is 17.3. The second kappa shape index (κ2) is 7.55. The van der Waals surface area contributed by atoms with Crippen LogP contribution >= 0.6 is 0 Å². The molecule has 4 rings (SSSR count). The van der Waals surface area contributed by atoms with Crippen LogP contribution in [0.15, 0.2) is 46.2 Å². The van der Waals surface area contributed by atoms with Crippen LogP contribution < -0.4 is 5.32 Å². The molecule has 9 heteroatoms. The second-order valence-corrected chi connectivity index (χ2v) is 10.5. The van der Waals surface area contributed by atoms with Crippen LogP contribution in [0, 0.1) is 0 Å². The van der Waals surface area contributed by atoms with Crippen molar-refractivity contribution in [2.45, 2.75) is 50.2 Å². The maximum Gasteiger partial charge on any atom is 0.287 e. The second-order valence-electron chi connectivity index (χ2n) is 8.64. The number of nitrogens with one attached hydrogen (secondary N) is 2. The van der Waals surface area contributed by atoms with E-state index in [0.29, 0.717) is 25.9 Å². The number of hydrogen-bond acceptors (Lipinski definition) is 5. The minimum atomic E-state index is -3.79. The van der Waals surface area contributed by atoms with Crippen molar-refractivity contribution in [1.29, 1.82) is 0 Å². The summed E-state index contributed by atoms with van der Waals surface area (Å²) in [6.07, 6.45) is 5.13. The first-order chi connectivity index (χ1) is 14.1. The normalized spacial score (nSPS) is 16.8. The molecule has 0 radical (unpaired) electrons. The molecule has 2 N–H and O–H groups in total. The van der Waals surface area contributed by atoms with Gasteiger partial charge in [0.1, 0.15) is 5.65 Å². The number of furan rings is 1. The molecule has 0 unspecified atom stereocenters. The molecule has 30 heavy (non-hydrogen) atoms. The van der Waals surface area contributed by atoms with Gasteiger partial charge >= 0.3 is 0 Å². The lowest BCUT2D eigenvalue weighted by molar-refractivity contribution is 0.0885. The van der Waals surface area contributed by atoms with Crippen molar-refractivity contribution in [2.75, 3.05) is 13.1 Å². The molecule has 0 bridgehead atoms. The Bertz CT molecular complexity index is 1170. The van der Waals surface area contributed by atoms with Gasteiger partial charge in [-0.3, -0.25) is 4.79 Å². The molecule has 3 aromatic heterocycles. The van der Waals surface area contributed by atoms with E-state index < -0.39 is 21.5 Å². The van der Waals surface area contributed by atoms with E-state index in [1.54, 1.807) is 6.20 Å². The molecular formula is C21H26N4O4S. The van der Waals surface area contributed by atoms with E-state index in [4.69, 9.17) is 4.42 Å². The van der Waals surface area contributed by atoms with Gasteiger partial charge < -0.3 is 14.7 Å². The highest BCUT2D eigenvalue weighted by atomic mass is 32.2. The molecule has 1 aliphatic heterocycles. The monoisotopic (exact) mass is 430 g/mol. The van der Waals surface area contributed by atoms with Crippen molar-refractivity contribution < 1.29 is 17.6 Å². The standard InChI is InChI=1S/C21H26N4O4S/c1-21(2,3)24-20(26)17-6-7-18(29-17)30(27,28)25-11-8-14(9-12-25)16-13-23-19-15(16)5-4-10-22-19/h4-7,10,13-14H,8-9,11-12H2,1-3H3,(H,22,23)(H,24,26). The molecule has 0 aromatic carbocycles. The molecular weight excluding hydrogens is 404 g/mol. The summed E-state index contributed by atoms with van der Waals surface area (Å²) in [6.45, 7) is 6.33. The summed E-state index contributed by atoms with van der Waals surface area (Å²) in [5.41, 5.74) is 1.58. The van der Waals surface area contributed by atoms with Gasteiger partial charge in [0, 0.05) is 36.4 Å². The molecule has 1 saturated heterocycles. The van der Waals surface area contributed by atoms with Crippen molar-refractivity contribution in [3.63, 3.8) is 0 Å². The fourth-order valence-corrected chi connectivity index (χ4v) is 5.21. The van der Waals surface area contributed by atoms with Crippen LogP contribution in [-0.2, 0) is 10.0 Å². The molecule has 160 valence electrons. The van der Waals surface area contributed by atoms with Crippen molar-refractivity contribution in [2.24, 2.45) is 0 Å². The third kappa shape index (κ3) is 3.99. The number of aromatic nitrogens is 2. The Morgan fingerprint density at radius 1 is 1.23 bits per heavy atom. The number of rotatable bonds is 4. The SMILES string of the molecule is CC(C)(C)NC(=O)c1ccc(S(=O)(=O)N2CCC(c3c[nH]c4ncccc34)CC2)o1. The predicted octanol–water partition coefficient (Wildman–Crippen LogP) is 3.25. The van der Waals surface area contributed by atoms with E-state index in [9.17, 15) is 13.2 Å². The Balaban J connectivity index is 1.46. The first-order valence-corrected chi connectivity index (χ1v) is 11.4. The zero-order chi connectivity index (χ0) is 21.5. The fourth-order valence-electron chi connectivity index (χ4n) is 3.83. The molecule has 0 atom stereocenters. The molecule has 0 saturated carbocycles. The number of piperidine rings is 1. The maximum atomic E-state index is 13.0. The molecule has 3 aromatic rings. The van der Waals surface area contributed by atoms with Crippen LogP contribution in [0.3, 0.4) is 0 Å². The Labute approximate surface area is 175 Å². The summed E-state index contributed by atoms with van der Waals surface area (Å²) < 4.78 is 32.8. The van der Waals surface area contributed by atoms with Crippen molar-refractivity contribution >= 4 is 27.0 Å². The lowest BCUT2D eigenvalue weighted by atomic mass is 9.90. The first-order valence-electron chi connectivity index (χ1n) is 10.00. The van der Waals surface area contributed by atoms with Gasteiger partial charge in [0.2, 0.25) is 5.09 Å². The molecule has 0 spiro atoms. The zero-order valence-corrected chi connectivity index (χ0v) is 18.1. The Morgan fingerprint density at radius 2 is 1.97 bits per heavy atom. The van der Waals surface area contributed by atoms with Gasteiger partial charge in [0.05, 0.1) is 0 Å². The first kappa shape index (κ1) is 20.6. The van der Waals surface area contributed by atoms with E-state index in [2.05, 4.69) is 15.3 Å². The summed E-state index contributed by atoms with van der Waals surface area (Å²) in [6, 6.07) is 6.69. The van der Waals surface area contributed by atoms with E-state index >= 15 is 0 Å². The molecule has 8 nitrogen and oxygen atoms in total. The number of pyridine rings is 1. The third-order valence-electron chi connectivity index (χ3n) is 5.26. The largest absolute Gasteiger partial charge is 0.438 e. The number of fused-ring (bicyclic) bond motifs is 1. The van der Waals surface area contributed by atoms with Crippen LogP contribution in [0.5, 0.6) is 0 Å². The van der Waals surface area contributed by atoms with Crippen LogP contribution in [-0.4, -0.2) is 47.2 Å². The van der Waals surface area contributed by atoms with Gasteiger partial charge in [0.15, 0.2) is 5.76 Å². The van der Waals surface area contributed by atoms with Gasteiger partial charge in [-0.2, -0.15) is 4.31 Å². The summed E-state index contributed by atoms with van der Waals surface area (Å²) in [5, 5.41) is 3.65. The number of H-pyrrole nitrogens is 1. The predicted molar refractivity (Wildman–Crippen MR) is 113 cm³/mol. The van der Waals surface area contributed by atoms with E-state index in [0.717, 1.165) is 11.0 Å². The van der Waals surface area contributed by atoms with Crippen molar-refractivity contribution in [3.05, 3.63) is 48.0 Å². The van der Waals surface area contributed by atoms with Crippen molar-refractivity contribution in [3.8, 4) is 0 Å². The average Bonchev–Trinajstić information content (AvgIpc) is 3.35. The van der Waals surface area contributed by atoms with Gasteiger partial charge in [-0.1, -0.05) is 0 Å². The minimum Gasteiger partial charge on any atom is -0.438 e. The number of carbonyl (C=O) groups excluding carboxylic acids is 1. The molecule has 1 amide bonds.